The van der Waals surface area contributed by atoms with Gasteiger partial charge in [0.2, 0.25) is 70.9 Å². The predicted octanol–water partition coefficient (Wildman–Crippen LogP) is 0.555. The lowest BCUT2D eigenvalue weighted by molar-refractivity contribution is -0.149. The van der Waals surface area contributed by atoms with E-state index >= 15 is 0 Å². The number of nitrogens with zero attached hydrogens (tertiary/aromatic N) is 6. The zero-order valence-electron chi connectivity index (χ0n) is 53.9. The first-order valence-electron chi connectivity index (χ1n) is 30.2. The maximum atomic E-state index is 14.7. The van der Waals surface area contributed by atoms with E-state index in [1.165, 1.54) is 72.7 Å². The molecule has 2 saturated heterocycles. The minimum Gasteiger partial charge on any atom is -0.391 e. The second-order valence-electron chi connectivity index (χ2n) is 25.0. The van der Waals surface area contributed by atoms with Gasteiger partial charge >= 0.3 is 0 Å². The monoisotopic (exact) mass is 1210 g/mol. The normalized spacial score (nSPS) is 27.0. The molecule has 11 atom stereocenters. The second kappa shape index (κ2) is 33.7. The number of likely N-dealkylation sites (N-methyl/N-ethyl adjacent to an activating group) is 5. The van der Waals surface area contributed by atoms with E-state index in [9.17, 15) is 62.6 Å². The van der Waals surface area contributed by atoms with Crippen LogP contribution < -0.4 is 31.9 Å². The molecule has 2 heterocycles. The Bertz CT molecular complexity index is 2540. The Morgan fingerprint density at radius 3 is 1.59 bits per heavy atom. The van der Waals surface area contributed by atoms with Crippen molar-refractivity contribution in [1.82, 2.24) is 61.3 Å². The van der Waals surface area contributed by atoms with Crippen LogP contribution in [-0.4, -0.2) is 227 Å². The third-order valence-corrected chi connectivity index (χ3v) is 15.8. The number of hydrogen-bond acceptors (Lipinski definition) is 13. The van der Waals surface area contributed by atoms with Gasteiger partial charge in [0.1, 0.15) is 60.4 Å². The lowest BCUT2D eigenvalue weighted by Gasteiger charge is -2.36. The maximum Gasteiger partial charge on any atom is 0.248 e. The van der Waals surface area contributed by atoms with Crippen molar-refractivity contribution in [3.8, 4) is 0 Å². The predicted molar refractivity (Wildman–Crippen MR) is 323 cm³/mol. The van der Waals surface area contributed by atoms with Crippen LogP contribution in [0.15, 0.2) is 30.3 Å². The number of amides is 12. The molecule has 25 heteroatoms. The van der Waals surface area contributed by atoms with Crippen molar-refractivity contribution in [1.29, 1.82) is 0 Å². The average Bonchev–Trinajstić information content (AvgIpc) is 2.94. The summed E-state index contributed by atoms with van der Waals surface area (Å²) in [6.07, 6.45) is 0.379. The third-order valence-electron chi connectivity index (χ3n) is 15.8. The molecule has 12 amide bonds. The van der Waals surface area contributed by atoms with E-state index in [4.69, 9.17) is 0 Å². The number of carbonyl (C=O) groups excluding carboxylic acids is 12. The van der Waals surface area contributed by atoms with Gasteiger partial charge in [-0.2, -0.15) is 0 Å². The number of benzene rings is 1. The van der Waals surface area contributed by atoms with Crippen molar-refractivity contribution >= 4 is 70.9 Å². The van der Waals surface area contributed by atoms with Gasteiger partial charge in [-0.1, -0.05) is 85.7 Å². The number of aliphatic hydroxyl groups excluding tert-OH is 1. The van der Waals surface area contributed by atoms with Crippen LogP contribution >= 0.6 is 0 Å². The van der Waals surface area contributed by atoms with E-state index in [0.29, 0.717) is 31.5 Å². The first-order chi connectivity index (χ1) is 40.1. The first kappa shape index (κ1) is 73.1. The molecule has 0 spiro atoms. The Hall–Kier alpha value is -7.18. The highest BCUT2D eigenvalue weighted by molar-refractivity contribution is 6.00. The summed E-state index contributed by atoms with van der Waals surface area (Å²) in [7, 11) is 6.76. The molecular formula is C61H100N12O13. The van der Waals surface area contributed by atoms with Gasteiger partial charge in [0.05, 0.1) is 19.1 Å². The summed E-state index contributed by atoms with van der Waals surface area (Å²) in [4.78, 5) is 179. The van der Waals surface area contributed by atoms with Crippen LogP contribution in [0.3, 0.4) is 0 Å². The van der Waals surface area contributed by atoms with Crippen LogP contribution in [0.2, 0.25) is 0 Å². The van der Waals surface area contributed by atoms with Crippen molar-refractivity contribution in [2.75, 3.05) is 54.9 Å². The molecule has 0 saturated carbocycles. The van der Waals surface area contributed by atoms with Crippen LogP contribution in [0.4, 0.5) is 0 Å². The van der Waals surface area contributed by atoms with Gasteiger partial charge in [-0.05, 0) is 95.5 Å². The van der Waals surface area contributed by atoms with Gasteiger partial charge in [-0.3, -0.25) is 57.5 Å². The van der Waals surface area contributed by atoms with Gasteiger partial charge < -0.3 is 66.4 Å². The summed E-state index contributed by atoms with van der Waals surface area (Å²) in [5.41, 5.74) is 0.639. The van der Waals surface area contributed by atoms with E-state index in [0.717, 1.165) is 21.1 Å². The standard InChI is InChI=1S/C61H100N12O13/c1-34(2)28-43-53(78)66-45(59(84)73-26-22-19-23-27-73)32-48(75)62-38(9)56(81)71(16)47(30-36(5)6)60(85)69(14)40(11)52(77)67-50(41(12)74)61(86)68(13)33-49(76)64-44(31-42-24-20-18-21-25-42)58(83)72(17)51(37(7)8)55(80)63-39(10)57(82)70(15)46(29-35(3)4)54(79)65-43/h18,20-21,24-25,34-41,43-47,50-51,74H,19,22-23,26-33H2,1-17H3,(H,62,75)(H,63,80)(H,64,76)(H,65,79)(H,66,78)(H,67,77)/t38-,39+,40+,41-,43+,44+,45+,46+,47+,50+,51+/m1/s1. The first-order valence-corrected chi connectivity index (χ1v) is 30.2. The SMILES string of the molecule is CC(C)C[C@@H]1NC(=O)[C@H](CC(C)C)N(C)C(=O)[C@H](C)NC(=O)[C@H](C(C)C)N(C)C(=O)[C@H](Cc2ccccc2)NC(=O)CN(C)C(=O)[C@H]([C@@H](C)O)NC(=O)[C@H](C)N(C)C(=O)[C@H](CC(C)C)N(C)C(=O)[C@@H](C)NC(=O)C[C@@H](C(=O)N2CCCCC2)NC1=O. The summed E-state index contributed by atoms with van der Waals surface area (Å²) in [6.45, 7) is 19.9. The Kier molecular flexibility index (Phi) is 28.6. The number of carbonyl (C=O) groups is 12. The van der Waals surface area contributed by atoms with Gasteiger partial charge in [0, 0.05) is 54.7 Å². The third kappa shape index (κ3) is 21.1. The topological polar surface area (TPSA) is 317 Å². The molecule has 0 aliphatic carbocycles. The van der Waals surface area contributed by atoms with Crippen molar-refractivity contribution in [2.45, 2.75) is 201 Å². The van der Waals surface area contributed by atoms with Crippen LogP contribution in [0.1, 0.15) is 134 Å². The molecule has 0 aromatic heterocycles. The van der Waals surface area contributed by atoms with Crippen LogP contribution in [0.5, 0.6) is 0 Å². The molecule has 0 unspecified atom stereocenters. The van der Waals surface area contributed by atoms with Crippen LogP contribution in [-0.2, 0) is 64.0 Å². The van der Waals surface area contributed by atoms with Gasteiger partial charge in [0.25, 0.3) is 0 Å². The summed E-state index contributed by atoms with van der Waals surface area (Å²) in [5.74, 6) is -9.95. The smallest absolute Gasteiger partial charge is 0.248 e. The minimum absolute atomic E-state index is 0.0517. The molecule has 2 aliphatic heterocycles. The fourth-order valence-corrected chi connectivity index (χ4v) is 10.8. The number of aliphatic hydroxyl groups is 1. The summed E-state index contributed by atoms with van der Waals surface area (Å²) >= 11 is 0. The summed E-state index contributed by atoms with van der Waals surface area (Å²) < 4.78 is 0. The molecule has 2 fully saturated rings. The molecule has 7 N–H and O–H groups in total. The quantitative estimate of drug-likeness (QED) is 0.160. The Morgan fingerprint density at radius 1 is 0.523 bits per heavy atom. The Balaban J connectivity index is 2.20. The van der Waals surface area contributed by atoms with Gasteiger partial charge in [-0.15, -0.1) is 0 Å². The molecule has 1 aromatic carbocycles. The van der Waals surface area contributed by atoms with Crippen molar-refractivity contribution in [3.63, 3.8) is 0 Å². The number of piperidine rings is 1. The zero-order chi connectivity index (χ0) is 65.2. The highest BCUT2D eigenvalue weighted by atomic mass is 16.3. The fraction of sp³-hybridized carbons (Fsp3) is 0.705. The molecule has 1 aromatic rings. The van der Waals surface area contributed by atoms with Crippen LogP contribution in [0, 0.1) is 23.7 Å². The van der Waals surface area contributed by atoms with Crippen molar-refractivity contribution in [2.24, 2.45) is 23.7 Å². The van der Waals surface area contributed by atoms with E-state index in [-0.39, 0.29) is 43.4 Å². The minimum atomic E-state index is -1.63. The van der Waals surface area contributed by atoms with Gasteiger partial charge in [0.15, 0.2) is 0 Å². The number of hydrogen-bond donors (Lipinski definition) is 7. The fourth-order valence-electron chi connectivity index (χ4n) is 10.8. The number of likely N-dealkylation sites (tertiary alicyclic amines) is 1. The summed E-state index contributed by atoms with van der Waals surface area (Å²) in [5, 5.41) is 27.0. The Morgan fingerprint density at radius 2 is 1.06 bits per heavy atom. The molecule has 25 nitrogen and oxygen atoms in total. The zero-order valence-corrected chi connectivity index (χ0v) is 53.9. The highest BCUT2D eigenvalue weighted by Gasteiger charge is 2.41. The lowest BCUT2D eigenvalue weighted by atomic mass is 9.98. The van der Waals surface area contributed by atoms with Crippen LogP contribution in [0.25, 0.3) is 0 Å². The lowest BCUT2D eigenvalue weighted by Crippen LogP contribution is -2.61. The van der Waals surface area contributed by atoms with E-state index < -0.39 is 156 Å². The number of rotatable bonds is 11. The molecule has 86 heavy (non-hydrogen) atoms. The maximum absolute atomic E-state index is 14.7. The molecule has 482 valence electrons. The van der Waals surface area contributed by atoms with Crippen molar-refractivity contribution < 1.29 is 62.6 Å². The Labute approximate surface area is 508 Å². The van der Waals surface area contributed by atoms with E-state index in [1.54, 1.807) is 49.1 Å². The number of nitrogens with one attached hydrogen (secondary N) is 6. The summed E-state index contributed by atoms with van der Waals surface area (Å²) in [6, 6.07) is -4.35. The van der Waals surface area contributed by atoms with E-state index in [1.807, 2.05) is 41.5 Å². The molecule has 0 radical (unpaired) electrons. The average molecular weight is 1210 g/mol. The molecular weight excluding hydrogens is 1110 g/mol. The van der Waals surface area contributed by atoms with Crippen molar-refractivity contribution in [3.05, 3.63) is 35.9 Å². The molecule has 0 bridgehead atoms. The largest absolute Gasteiger partial charge is 0.391 e. The van der Waals surface area contributed by atoms with Gasteiger partial charge in [-0.25, -0.2) is 0 Å². The molecule has 2 aliphatic rings. The molecule has 3 rings (SSSR count). The highest BCUT2D eigenvalue weighted by Crippen LogP contribution is 2.20. The second-order valence-corrected chi connectivity index (χ2v) is 25.0. The van der Waals surface area contributed by atoms with E-state index in [2.05, 4.69) is 31.9 Å².